The second kappa shape index (κ2) is 7.82. The Morgan fingerprint density at radius 2 is 1.91 bits per heavy atom. The summed E-state index contributed by atoms with van der Waals surface area (Å²) >= 11 is 0. The van der Waals surface area contributed by atoms with Gasteiger partial charge in [0.1, 0.15) is 11.3 Å². The molecule has 0 saturated heterocycles. The van der Waals surface area contributed by atoms with Crippen LogP contribution in [0.4, 0.5) is 0 Å². The van der Waals surface area contributed by atoms with Crippen LogP contribution in [0.1, 0.15) is 51.5 Å². The van der Waals surface area contributed by atoms with Gasteiger partial charge in [-0.1, -0.05) is 32.4 Å². The number of nitrogens with one attached hydrogen (secondary N) is 1. The number of carboxylic acid groups (broad SMARTS) is 1. The van der Waals surface area contributed by atoms with Crippen LogP contribution in [-0.2, 0) is 9.59 Å². The first-order valence-electron chi connectivity index (χ1n) is 7.50. The van der Waals surface area contributed by atoms with E-state index >= 15 is 0 Å². The summed E-state index contributed by atoms with van der Waals surface area (Å²) in [5, 5.41) is 11.9. The van der Waals surface area contributed by atoms with Crippen molar-refractivity contribution in [2.45, 2.75) is 51.5 Å². The summed E-state index contributed by atoms with van der Waals surface area (Å²) in [6, 6.07) is 7.53. The van der Waals surface area contributed by atoms with Gasteiger partial charge in [-0.05, 0) is 37.0 Å². The van der Waals surface area contributed by atoms with E-state index in [1.54, 1.807) is 14.0 Å². The van der Waals surface area contributed by atoms with Crippen LogP contribution in [0, 0.1) is 0 Å². The fourth-order valence-corrected chi connectivity index (χ4v) is 2.41. The highest BCUT2D eigenvalue weighted by atomic mass is 16.5. The lowest BCUT2D eigenvalue weighted by atomic mass is 9.93. The largest absolute Gasteiger partial charge is 0.497 e. The number of methoxy groups -OCH3 is 1. The minimum absolute atomic E-state index is 0.00516. The SMILES string of the molecule is CCCC(C)(NC(=O)CC(C)c1ccc(OC)cc1)C(=O)O. The third-order valence-corrected chi connectivity index (χ3v) is 3.81. The van der Waals surface area contributed by atoms with Crippen LogP contribution in [0.5, 0.6) is 5.75 Å². The van der Waals surface area contributed by atoms with Crippen molar-refractivity contribution < 1.29 is 19.4 Å². The summed E-state index contributed by atoms with van der Waals surface area (Å²) in [7, 11) is 1.60. The second-order valence-corrected chi connectivity index (χ2v) is 5.81. The highest BCUT2D eigenvalue weighted by Crippen LogP contribution is 2.22. The highest BCUT2D eigenvalue weighted by Gasteiger charge is 2.33. The van der Waals surface area contributed by atoms with Crippen molar-refractivity contribution in [3.8, 4) is 5.75 Å². The second-order valence-electron chi connectivity index (χ2n) is 5.81. The van der Waals surface area contributed by atoms with Gasteiger partial charge in [0.15, 0.2) is 0 Å². The van der Waals surface area contributed by atoms with Gasteiger partial charge in [0, 0.05) is 6.42 Å². The predicted molar refractivity (Wildman–Crippen MR) is 85.1 cm³/mol. The Morgan fingerprint density at radius 1 is 1.32 bits per heavy atom. The molecule has 0 saturated carbocycles. The number of ether oxygens (including phenoxy) is 1. The number of carboxylic acids is 1. The molecule has 122 valence electrons. The van der Waals surface area contributed by atoms with Crippen molar-refractivity contribution in [2.24, 2.45) is 0 Å². The van der Waals surface area contributed by atoms with Crippen LogP contribution in [0.3, 0.4) is 0 Å². The lowest BCUT2D eigenvalue weighted by molar-refractivity contribution is -0.147. The predicted octanol–water partition coefficient (Wildman–Crippen LogP) is 2.95. The lowest BCUT2D eigenvalue weighted by Gasteiger charge is -2.26. The molecule has 0 aliphatic carbocycles. The highest BCUT2D eigenvalue weighted by molar-refractivity contribution is 5.86. The summed E-state index contributed by atoms with van der Waals surface area (Å²) in [5.41, 5.74) is -0.186. The fraction of sp³-hybridized carbons (Fsp3) is 0.529. The molecule has 22 heavy (non-hydrogen) atoms. The van der Waals surface area contributed by atoms with Crippen LogP contribution in [0.25, 0.3) is 0 Å². The molecule has 0 aromatic heterocycles. The molecule has 0 heterocycles. The molecule has 1 amide bonds. The van der Waals surface area contributed by atoms with Gasteiger partial charge in [0.2, 0.25) is 5.91 Å². The number of hydrogen-bond donors (Lipinski definition) is 2. The van der Waals surface area contributed by atoms with Gasteiger partial charge < -0.3 is 15.2 Å². The van der Waals surface area contributed by atoms with Gasteiger partial charge in [0.25, 0.3) is 0 Å². The third kappa shape index (κ3) is 4.76. The molecule has 0 aliphatic rings. The molecule has 2 N–H and O–H groups in total. The number of hydrogen-bond acceptors (Lipinski definition) is 3. The Morgan fingerprint density at radius 3 is 2.36 bits per heavy atom. The molecule has 2 unspecified atom stereocenters. The molecular weight excluding hydrogens is 282 g/mol. The van der Waals surface area contributed by atoms with Gasteiger partial charge in [-0.15, -0.1) is 0 Å². The van der Waals surface area contributed by atoms with Crippen LogP contribution in [0.15, 0.2) is 24.3 Å². The van der Waals surface area contributed by atoms with Crippen molar-refractivity contribution in [3.05, 3.63) is 29.8 Å². The molecule has 0 bridgehead atoms. The smallest absolute Gasteiger partial charge is 0.329 e. The molecule has 1 aromatic carbocycles. The van der Waals surface area contributed by atoms with E-state index in [4.69, 9.17) is 4.74 Å². The molecule has 5 heteroatoms. The van der Waals surface area contributed by atoms with Crippen molar-refractivity contribution in [2.75, 3.05) is 7.11 Å². The topological polar surface area (TPSA) is 75.6 Å². The summed E-state index contributed by atoms with van der Waals surface area (Å²) in [6.45, 7) is 5.39. The van der Waals surface area contributed by atoms with Crippen molar-refractivity contribution in [3.63, 3.8) is 0 Å². The van der Waals surface area contributed by atoms with E-state index in [9.17, 15) is 14.7 Å². The van der Waals surface area contributed by atoms with Gasteiger partial charge in [-0.25, -0.2) is 4.79 Å². The first-order valence-corrected chi connectivity index (χ1v) is 7.50. The van der Waals surface area contributed by atoms with Crippen LogP contribution in [0.2, 0.25) is 0 Å². The van der Waals surface area contributed by atoms with E-state index < -0.39 is 11.5 Å². The van der Waals surface area contributed by atoms with Gasteiger partial charge in [-0.2, -0.15) is 0 Å². The molecule has 1 rings (SSSR count). The van der Waals surface area contributed by atoms with Crippen molar-refractivity contribution in [1.82, 2.24) is 5.32 Å². The first-order chi connectivity index (χ1) is 10.3. The van der Waals surface area contributed by atoms with Crippen molar-refractivity contribution >= 4 is 11.9 Å². The van der Waals surface area contributed by atoms with E-state index in [-0.39, 0.29) is 18.2 Å². The van der Waals surface area contributed by atoms with Crippen LogP contribution < -0.4 is 10.1 Å². The molecule has 0 radical (unpaired) electrons. The Labute approximate surface area is 131 Å². The van der Waals surface area contributed by atoms with Gasteiger partial charge in [0.05, 0.1) is 7.11 Å². The quantitative estimate of drug-likeness (QED) is 0.774. The Balaban J connectivity index is 2.68. The van der Waals surface area contributed by atoms with Gasteiger partial charge in [-0.3, -0.25) is 4.79 Å². The number of carbonyl (C=O) groups excluding carboxylic acids is 1. The number of amides is 1. The van der Waals surface area contributed by atoms with E-state index in [2.05, 4.69) is 5.32 Å². The molecule has 1 aromatic rings. The Hall–Kier alpha value is -2.04. The zero-order valence-corrected chi connectivity index (χ0v) is 13.7. The summed E-state index contributed by atoms with van der Waals surface area (Å²) in [5.74, 6) is -0.478. The van der Waals surface area contributed by atoms with Crippen molar-refractivity contribution in [1.29, 1.82) is 0 Å². The van der Waals surface area contributed by atoms with Crippen LogP contribution >= 0.6 is 0 Å². The summed E-state index contributed by atoms with van der Waals surface area (Å²) in [6.07, 6.45) is 1.35. The number of benzene rings is 1. The Bertz CT molecular complexity index is 512. The van der Waals surface area contributed by atoms with Gasteiger partial charge >= 0.3 is 5.97 Å². The molecule has 2 atom stereocenters. The maximum absolute atomic E-state index is 12.1. The zero-order valence-electron chi connectivity index (χ0n) is 13.7. The number of aliphatic carboxylic acids is 1. The first kappa shape index (κ1) is 18.0. The number of rotatable bonds is 8. The standard InChI is InChI=1S/C17H25NO4/c1-5-10-17(3,16(20)21)18-15(19)11-12(2)13-6-8-14(22-4)9-7-13/h6-9,12H,5,10-11H2,1-4H3,(H,18,19)(H,20,21). The summed E-state index contributed by atoms with van der Waals surface area (Å²) in [4.78, 5) is 23.5. The maximum Gasteiger partial charge on any atom is 0.329 e. The summed E-state index contributed by atoms with van der Waals surface area (Å²) < 4.78 is 5.10. The zero-order chi connectivity index (χ0) is 16.8. The normalized spacial score (nSPS) is 14.7. The average molecular weight is 307 g/mol. The van der Waals surface area contributed by atoms with E-state index in [1.807, 2.05) is 38.1 Å². The molecule has 5 nitrogen and oxygen atoms in total. The monoisotopic (exact) mass is 307 g/mol. The van der Waals surface area contributed by atoms with E-state index in [0.29, 0.717) is 12.8 Å². The molecule has 0 aliphatic heterocycles. The average Bonchev–Trinajstić information content (AvgIpc) is 2.47. The Kier molecular flexibility index (Phi) is 6.40. The maximum atomic E-state index is 12.1. The molecular formula is C17H25NO4. The molecule has 0 fully saturated rings. The van der Waals surface area contributed by atoms with Crippen LogP contribution in [-0.4, -0.2) is 29.6 Å². The minimum Gasteiger partial charge on any atom is -0.497 e. The van der Waals surface area contributed by atoms with E-state index in [1.165, 1.54) is 0 Å². The molecule has 0 spiro atoms. The minimum atomic E-state index is -1.20. The lowest BCUT2D eigenvalue weighted by Crippen LogP contribution is -2.52. The number of carbonyl (C=O) groups is 2. The fourth-order valence-electron chi connectivity index (χ4n) is 2.41. The van der Waals surface area contributed by atoms with E-state index in [0.717, 1.165) is 11.3 Å². The third-order valence-electron chi connectivity index (χ3n) is 3.81.